The number of hydrogen-bond acceptors (Lipinski definition) is 4. The summed E-state index contributed by atoms with van der Waals surface area (Å²) < 4.78 is 22.9. The highest BCUT2D eigenvalue weighted by Gasteiger charge is 2.34. The van der Waals surface area contributed by atoms with Gasteiger partial charge in [0.1, 0.15) is 0 Å². The Bertz CT molecular complexity index is 908. The molecule has 0 bridgehead atoms. The molecule has 1 aliphatic heterocycles. The van der Waals surface area contributed by atoms with Gasteiger partial charge in [0.2, 0.25) is 11.8 Å². The summed E-state index contributed by atoms with van der Waals surface area (Å²) in [7, 11) is -3.27. The maximum atomic E-state index is 12.4. The van der Waals surface area contributed by atoms with Gasteiger partial charge in [-0.1, -0.05) is 30.3 Å². The molecule has 1 fully saturated rings. The molecule has 7 heteroatoms. The molecule has 1 atom stereocenters. The van der Waals surface area contributed by atoms with E-state index in [2.05, 4.69) is 5.32 Å². The van der Waals surface area contributed by atoms with E-state index in [4.69, 9.17) is 0 Å². The molecule has 1 heterocycles. The Balaban J connectivity index is 1.61. The lowest BCUT2D eigenvalue weighted by molar-refractivity contribution is -0.128. The van der Waals surface area contributed by atoms with E-state index < -0.39 is 15.8 Å². The van der Waals surface area contributed by atoms with Crippen LogP contribution in [-0.2, 0) is 26.0 Å². The Morgan fingerprint density at radius 1 is 1.12 bits per heavy atom. The lowest BCUT2D eigenvalue weighted by atomic mass is 10.1. The van der Waals surface area contributed by atoms with Gasteiger partial charge in [-0.05, 0) is 29.8 Å². The largest absolute Gasteiger partial charge is 0.338 e. The Kier molecular flexibility index (Phi) is 5.08. The molecule has 2 amide bonds. The standard InChI is InChI=1S/C19H20N2O4S/c1-26(24,25)17-9-7-16(8-10-17)20-19(23)15-11-18(22)21(13-15)12-14-5-3-2-4-6-14/h2-10,15H,11-13H2,1H3,(H,20,23)/t15-/m0/s1. The third kappa shape index (κ3) is 4.29. The summed E-state index contributed by atoms with van der Waals surface area (Å²) in [6, 6.07) is 15.6. The van der Waals surface area contributed by atoms with E-state index in [1.807, 2.05) is 30.3 Å². The number of anilines is 1. The minimum atomic E-state index is -3.27. The lowest BCUT2D eigenvalue weighted by Gasteiger charge is -2.16. The molecule has 0 aromatic heterocycles. The summed E-state index contributed by atoms with van der Waals surface area (Å²) in [5.41, 5.74) is 1.54. The van der Waals surface area contributed by atoms with Crippen LogP contribution >= 0.6 is 0 Å². The summed E-state index contributed by atoms with van der Waals surface area (Å²) in [5, 5.41) is 2.75. The first-order valence-corrected chi connectivity index (χ1v) is 10.1. The van der Waals surface area contributed by atoms with Gasteiger partial charge in [0.05, 0.1) is 10.8 Å². The highest BCUT2D eigenvalue weighted by Crippen LogP contribution is 2.22. The summed E-state index contributed by atoms with van der Waals surface area (Å²) in [6.07, 6.45) is 1.31. The third-order valence-corrected chi connectivity index (χ3v) is 5.48. The van der Waals surface area contributed by atoms with E-state index in [-0.39, 0.29) is 23.1 Å². The predicted molar refractivity (Wildman–Crippen MR) is 98.1 cm³/mol. The highest BCUT2D eigenvalue weighted by molar-refractivity contribution is 7.90. The average molecular weight is 372 g/mol. The van der Waals surface area contributed by atoms with Crippen molar-refractivity contribution < 1.29 is 18.0 Å². The molecule has 6 nitrogen and oxygen atoms in total. The Labute approximate surface area is 152 Å². The van der Waals surface area contributed by atoms with Crippen LogP contribution in [0.2, 0.25) is 0 Å². The molecule has 1 aliphatic rings. The molecular formula is C19H20N2O4S. The van der Waals surface area contributed by atoms with Gasteiger partial charge in [-0.3, -0.25) is 9.59 Å². The van der Waals surface area contributed by atoms with Crippen LogP contribution in [0.5, 0.6) is 0 Å². The molecular weight excluding hydrogens is 352 g/mol. The molecule has 0 saturated carbocycles. The molecule has 1 N–H and O–H groups in total. The van der Waals surface area contributed by atoms with Crippen LogP contribution < -0.4 is 5.32 Å². The number of benzene rings is 2. The Morgan fingerprint density at radius 3 is 2.38 bits per heavy atom. The smallest absolute Gasteiger partial charge is 0.229 e. The fourth-order valence-corrected chi connectivity index (χ4v) is 3.56. The van der Waals surface area contributed by atoms with Crippen LogP contribution in [0.1, 0.15) is 12.0 Å². The lowest BCUT2D eigenvalue weighted by Crippen LogP contribution is -2.28. The quantitative estimate of drug-likeness (QED) is 0.871. The van der Waals surface area contributed by atoms with Crippen molar-refractivity contribution in [1.82, 2.24) is 4.90 Å². The minimum Gasteiger partial charge on any atom is -0.338 e. The number of nitrogens with one attached hydrogen (secondary N) is 1. The third-order valence-electron chi connectivity index (χ3n) is 4.35. The second kappa shape index (κ2) is 7.29. The van der Waals surface area contributed by atoms with Gasteiger partial charge in [0, 0.05) is 31.5 Å². The number of sulfone groups is 1. The summed E-state index contributed by atoms with van der Waals surface area (Å²) in [5.74, 6) is -0.691. The van der Waals surface area contributed by atoms with Crippen molar-refractivity contribution in [1.29, 1.82) is 0 Å². The Morgan fingerprint density at radius 2 is 1.77 bits per heavy atom. The maximum absolute atomic E-state index is 12.4. The zero-order valence-electron chi connectivity index (χ0n) is 14.4. The van der Waals surface area contributed by atoms with Gasteiger partial charge >= 0.3 is 0 Å². The van der Waals surface area contributed by atoms with Crippen molar-refractivity contribution in [3.63, 3.8) is 0 Å². The van der Waals surface area contributed by atoms with Crippen LogP contribution in [0.4, 0.5) is 5.69 Å². The molecule has 136 valence electrons. The fraction of sp³-hybridized carbons (Fsp3) is 0.263. The van der Waals surface area contributed by atoms with Gasteiger partial charge < -0.3 is 10.2 Å². The molecule has 2 aromatic carbocycles. The second-order valence-corrected chi connectivity index (χ2v) is 8.46. The molecule has 3 rings (SSSR count). The van der Waals surface area contributed by atoms with Crippen LogP contribution in [0.15, 0.2) is 59.5 Å². The topological polar surface area (TPSA) is 83.5 Å². The number of likely N-dealkylation sites (tertiary alicyclic amines) is 1. The molecule has 0 spiro atoms. The zero-order valence-corrected chi connectivity index (χ0v) is 15.2. The first kappa shape index (κ1) is 18.1. The maximum Gasteiger partial charge on any atom is 0.229 e. The molecule has 26 heavy (non-hydrogen) atoms. The number of nitrogens with zero attached hydrogens (tertiary/aromatic N) is 1. The van der Waals surface area contributed by atoms with E-state index in [1.54, 1.807) is 17.0 Å². The van der Waals surface area contributed by atoms with Crippen LogP contribution in [-0.4, -0.2) is 37.9 Å². The molecule has 0 aliphatic carbocycles. The number of carbonyl (C=O) groups excluding carboxylic acids is 2. The minimum absolute atomic E-state index is 0.0403. The fourth-order valence-electron chi connectivity index (χ4n) is 2.93. The van der Waals surface area contributed by atoms with E-state index in [9.17, 15) is 18.0 Å². The normalized spacial score (nSPS) is 17.3. The summed E-state index contributed by atoms with van der Waals surface area (Å²) in [6.45, 7) is 0.869. The van der Waals surface area contributed by atoms with E-state index >= 15 is 0 Å². The number of hydrogen-bond donors (Lipinski definition) is 1. The van der Waals surface area contributed by atoms with E-state index in [0.717, 1.165) is 11.8 Å². The first-order valence-electron chi connectivity index (χ1n) is 8.25. The van der Waals surface area contributed by atoms with Crippen LogP contribution in [0.3, 0.4) is 0 Å². The van der Waals surface area contributed by atoms with Gasteiger partial charge in [0.15, 0.2) is 9.84 Å². The zero-order chi connectivity index (χ0) is 18.7. The average Bonchev–Trinajstić information content (AvgIpc) is 2.96. The number of carbonyl (C=O) groups is 2. The number of rotatable bonds is 5. The summed E-state index contributed by atoms with van der Waals surface area (Å²) >= 11 is 0. The Hall–Kier alpha value is -2.67. The van der Waals surface area contributed by atoms with Gasteiger partial charge in [-0.2, -0.15) is 0 Å². The first-order chi connectivity index (χ1) is 12.3. The molecule has 1 saturated heterocycles. The van der Waals surface area contributed by atoms with Crippen molar-refractivity contribution in [2.45, 2.75) is 17.9 Å². The molecule has 0 unspecified atom stereocenters. The van der Waals surface area contributed by atoms with Crippen molar-refractivity contribution in [3.8, 4) is 0 Å². The van der Waals surface area contributed by atoms with Gasteiger partial charge in [-0.15, -0.1) is 0 Å². The predicted octanol–water partition coefficient (Wildman–Crippen LogP) is 2.08. The van der Waals surface area contributed by atoms with Crippen molar-refractivity contribution in [3.05, 3.63) is 60.2 Å². The van der Waals surface area contributed by atoms with Gasteiger partial charge in [0.25, 0.3) is 0 Å². The monoisotopic (exact) mass is 372 g/mol. The van der Waals surface area contributed by atoms with Crippen molar-refractivity contribution in [2.24, 2.45) is 5.92 Å². The SMILES string of the molecule is CS(=O)(=O)c1ccc(NC(=O)[C@H]2CC(=O)N(Cc3ccccc3)C2)cc1. The van der Waals surface area contributed by atoms with Crippen LogP contribution in [0, 0.1) is 5.92 Å². The van der Waals surface area contributed by atoms with E-state index in [0.29, 0.717) is 18.8 Å². The molecule has 0 radical (unpaired) electrons. The van der Waals surface area contributed by atoms with Gasteiger partial charge in [-0.25, -0.2) is 8.42 Å². The van der Waals surface area contributed by atoms with Crippen LogP contribution in [0.25, 0.3) is 0 Å². The highest BCUT2D eigenvalue weighted by atomic mass is 32.2. The molecule has 2 aromatic rings. The number of amides is 2. The van der Waals surface area contributed by atoms with Crippen molar-refractivity contribution in [2.75, 3.05) is 18.1 Å². The van der Waals surface area contributed by atoms with E-state index in [1.165, 1.54) is 12.1 Å². The van der Waals surface area contributed by atoms with Crippen molar-refractivity contribution >= 4 is 27.3 Å². The second-order valence-electron chi connectivity index (χ2n) is 6.45. The summed E-state index contributed by atoms with van der Waals surface area (Å²) in [4.78, 5) is 26.5.